The maximum atomic E-state index is 13.5. The van der Waals surface area contributed by atoms with Crippen LogP contribution in [0.4, 0.5) is 18.9 Å². The van der Waals surface area contributed by atoms with Crippen molar-refractivity contribution in [2.45, 2.75) is 41.4 Å². The first-order chi connectivity index (χ1) is 16.0. The van der Waals surface area contributed by atoms with Crippen LogP contribution in [0.15, 0.2) is 35.2 Å². The van der Waals surface area contributed by atoms with Crippen molar-refractivity contribution in [1.29, 1.82) is 0 Å². The highest BCUT2D eigenvalue weighted by Gasteiger charge is 2.55. The van der Waals surface area contributed by atoms with Crippen molar-refractivity contribution in [3.05, 3.63) is 58.4 Å². The van der Waals surface area contributed by atoms with Gasteiger partial charge in [-0.25, -0.2) is 21.6 Å². The molecule has 0 aliphatic heterocycles. The summed E-state index contributed by atoms with van der Waals surface area (Å²) in [6, 6.07) is 4.87. The number of hydrogen-bond donors (Lipinski definition) is 2. The number of ether oxygens (including phenoxy) is 1. The molecule has 6 nitrogen and oxygen atoms in total. The molecule has 184 valence electrons. The number of hydrogen-bond acceptors (Lipinski definition) is 5. The highest BCUT2D eigenvalue weighted by molar-refractivity contribution is 7.92. The largest absolute Gasteiger partial charge is 0.387 e. The first kappa shape index (κ1) is 25.0. The van der Waals surface area contributed by atoms with Crippen molar-refractivity contribution < 1.29 is 36.2 Å². The minimum absolute atomic E-state index is 0.0690. The molecule has 2 N–H and O–H groups in total. The second-order valence-electron chi connectivity index (χ2n) is 8.89. The SMILES string of the molecule is COC[C@]1(O)C2CC[C@@H]1C[C@@H](S(=O)(=O)c1cc(C(=O)Nc3cc(F)c(F)c(F)c3)ccc1Cl)C2. The number of sulfone groups is 1. The fourth-order valence-corrected chi connectivity index (χ4v) is 7.61. The summed E-state index contributed by atoms with van der Waals surface area (Å²) < 4.78 is 72.2. The Hall–Kier alpha value is -2.14. The Morgan fingerprint density at radius 2 is 1.74 bits per heavy atom. The van der Waals surface area contributed by atoms with Gasteiger partial charge in [0.05, 0.1) is 27.4 Å². The summed E-state index contributed by atoms with van der Waals surface area (Å²) in [6.45, 7) is 0.135. The fourth-order valence-electron chi connectivity index (χ4n) is 5.20. The Bertz CT molecular complexity index is 1200. The molecule has 0 heterocycles. The van der Waals surface area contributed by atoms with Gasteiger partial charge in [0.2, 0.25) is 0 Å². The molecule has 2 aromatic carbocycles. The van der Waals surface area contributed by atoms with Gasteiger partial charge < -0.3 is 15.2 Å². The van der Waals surface area contributed by atoms with Gasteiger partial charge in [-0.2, -0.15) is 0 Å². The molecule has 11 heteroatoms. The van der Waals surface area contributed by atoms with Gasteiger partial charge in [-0.1, -0.05) is 11.6 Å². The van der Waals surface area contributed by atoms with Crippen LogP contribution >= 0.6 is 11.6 Å². The van der Waals surface area contributed by atoms with Crippen molar-refractivity contribution in [2.75, 3.05) is 19.0 Å². The van der Waals surface area contributed by atoms with Crippen LogP contribution in [0.25, 0.3) is 0 Å². The third kappa shape index (κ3) is 4.32. The molecule has 4 rings (SSSR count). The lowest BCUT2D eigenvalue weighted by atomic mass is 9.75. The van der Waals surface area contributed by atoms with E-state index in [-0.39, 0.29) is 52.5 Å². The molecule has 34 heavy (non-hydrogen) atoms. The Labute approximate surface area is 200 Å². The number of rotatable bonds is 6. The summed E-state index contributed by atoms with van der Waals surface area (Å²) in [5.41, 5.74) is -1.50. The number of benzene rings is 2. The van der Waals surface area contributed by atoms with Gasteiger partial charge in [0.1, 0.15) is 0 Å². The lowest BCUT2D eigenvalue weighted by molar-refractivity contribution is -0.104. The van der Waals surface area contributed by atoms with Gasteiger partial charge in [-0.15, -0.1) is 0 Å². The van der Waals surface area contributed by atoms with Crippen molar-refractivity contribution >= 4 is 33.0 Å². The maximum Gasteiger partial charge on any atom is 0.255 e. The molecule has 4 atom stereocenters. The van der Waals surface area contributed by atoms with E-state index in [0.29, 0.717) is 25.0 Å². The number of methoxy groups -OCH3 is 1. The molecule has 1 amide bonds. The minimum atomic E-state index is -3.97. The van der Waals surface area contributed by atoms with Crippen LogP contribution < -0.4 is 5.32 Å². The summed E-state index contributed by atoms with van der Waals surface area (Å²) in [5.74, 6) is -5.95. The summed E-state index contributed by atoms with van der Waals surface area (Å²) in [7, 11) is -2.47. The van der Waals surface area contributed by atoms with Gasteiger partial charge >= 0.3 is 0 Å². The maximum absolute atomic E-state index is 13.5. The van der Waals surface area contributed by atoms with E-state index in [1.807, 2.05) is 0 Å². The van der Waals surface area contributed by atoms with Crippen LogP contribution in [0.3, 0.4) is 0 Å². The standard InChI is InChI=1S/C23H23ClF3NO5S/c1-33-11-23(30)13-3-4-14(23)8-16(7-13)34(31,32)20-6-12(2-5-17(20)24)22(29)28-15-9-18(25)21(27)19(26)10-15/h2,5-6,9-10,13-14,16,30H,3-4,7-8,11H2,1H3,(H,28,29)/t13-,14?,16-,23-/m1/s1. The zero-order valence-electron chi connectivity index (χ0n) is 18.2. The number of aliphatic hydroxyl groups is 1. The summed E-state index contributed by atoms with van der Waals surface area (Å²) >= 11 is 6.20. The van der Waals surface area contributed by atoms with Crippen molar-refractivity contribution in [2.24, 2.45) is 11.8 Å². The molecule has 2 aromatic rings. The van der Waals surface area contributed by atoms with Gasteiger partial charge in [0.15, 0.2) is 27.3 Å². The quantitative estimate of drug-likeness (QED) is 0.556. The zero-order valence-corrected chi connectivity index (χ0v) is 19.7. The summed E-state index contributed by atoms with van der Waals surface area (Å²) in [4.78, 5) is 12.4. The number of fused-ring (bicyclic) bond motifs is 2. The van der Waals surface area contributed by atoms with Crippen LogP contribution in [0.5, 0.6) is 0 Å². The average molecular weight is 518 g/mol. The predicted octanol–water partition coefficient (Wildman–Crippen LogP) is 4.35. The Kier molecular flexibility index (Phi) is 6.71. The number of amides is 1. The van der Waals surface area contributed by atoms with E-state index in [1.54, 1.807) is 0 Å². The smallest absolute Gasteiger partial charge is 0.255 e. The van der Waals surface area contributed by atoms with E-state index < -0.39 is 44.0 Å². The molecular formula is C23H23ClF3NO5S. The Balaban J connectivity index is 1.59. The van der Waals surface area contributed by atoms with Crippen LogP contribution in [0, 0.1) is 29.3 Å². The third-order valence-corrected chi connectivity index (χ3v) is 9.58. The monoisotopic (exact) mass is 517 g/mol. The van der Waals surface area contributed by atoms with Crippen LogP contribution in [-0.2, 0) is 14.6 Å². The lowest BCUT2D eigenvalue weighted by Crippen LogP contribution is -2.51. The predicted molar refractivity (Wildman–Crippen MR) is 119 cm³/mol. The highest BCUT2D eigenvalue weighted by atomic mass is 35.5. The van der Waals surface area contributed by atoms with E-state index >= 15 is 0 Å². The molecule has 0 saturated heterocycles. The Morgan fingerprint density at radius 1 is 1.15 bits per heavy atom. The molecule has 2 saturated carbocycles. The van der Waals surface area contributed by atoms with Crippen LogP contribution in [0.1, 0.15) is 36.0 Å². The van der Waals surface area contributed by atoms with E-state index in [0.717, 1.165) is 6.07 Å². The number of halogens is 4. The van der Waals surface area contributed by atoms with Gasteiger partial charge in [-0.05, 0) is 55.7 Å². The Morgan fingerprint density at radius 3 is 2.29 bits per heavy atom. The second-order valence-corrected chi connectivity index (χ2v) is 11.5. The van der Waals surface area contributed by atoms with E-state index in [9.17, 15) is 31.5 Å². The number of carbonyl (C=O) groups is 1. The second kappa shape index (κ2) is 9.14. The van der Waals surface area contributed by atoms with Crippen LogP contribution in [0.2, 0.25) is 5.02 Å². The van der Waals surface area contributed by atoms with Crippen LogP contribution in [-0.4, -0.2) is 44.0 Å². The molecule has 2 aliphatic rings. The molecule has 0 spiro atoms. The van der Waals surface area contributed by atoms with Gasteiger partial charge in [0, 0.05) is 30.5 Å². The fraction of sp³-hybridized carbons (Fsp3) is 0.435. The number of anilines is 1. The van der Waals surface area contributed by atoms with Gasteiger partial charge in [-0.3, -0.25) is 4.79 Å². The number of carbonyl (C=O) groups excluding carboxylic acids is 1. The first-order valence-corrected chi connectivity index (χ1v) is 12.6. The number of nitrogens with one attached hydrogen (secondary N) is 1. The molecule has 0 aromatic heterocycles. The molecule has 2 aliphatic carbocycles. The van der Waals surface area contributed by atoms with Crippen molar-refractivity contribution in [3.8, 4) is 0 Å². The minimum Gasteiger partial charge on any atom is -0.387 e. The lowest BCUT2D eigenvalue weighted by Gasteiger charge is -2.42. The summed E-state index contributed by atoms with van der Waals surface area (Å²) in [6.07, 6.45) is 1.86. The highest BCUT2D eigenvalue weighted by Crippen LogP contribution is 2.52. The normalized spacial score (nSPS) is 26.5. The summed E-state index contributed by atoms with van der Waals surface area (Å²) in [5, 5.41) is 12.4. The topological polar surface area (TPSA) is 92.7 Å². The van der Waals surface area contributed by atoms with Crippen molar-refractivity contribution in [3.63, 3.8) is 0 Å². The molecule has 0 radical (unpaired) electrons. The molecule has 2 bridgehead atoms. The molecule has 1 unspecified atom stereocenters. The van der Waals surface area contributed by atoms with Gasteiger partial charge in [0.25, 0.3) is 5.91 Å². The van der Waals surface area contributed by atoms with E-state index in [2.05, 4.69) is 5.32 Å². The van der Waals surface area contributed by atoms with E-state index in [4.69, 9.17) is 16.3 Å². The van der Waals surface area contributed by atoms with E-state index in [1.165, 1.54) is 19.2 Å². The average Bonchev–Trinajstić information content (AvgIpc) is 2.93. The zero-order chi connectivity index (χ0) is 24.8. The first-order valence-electron chi connectivity index (χ1n) is 10.7. The molecular weight excluding hydrogens is 495 g/mol. The molecule has 2 fully saturated rings. The van der Waals surface area contributed by atoms with Crippen molar-refractivity contribution in [1.82, 2.24) is 0 Å². The third-order valence-electron chi connectivity index (χ3n) is 6.93.